The van der Waals surface area contributed by atoms with Crippen molar-refractivity contribution in [1.29, 1.82) is 0 Å². The van der Waals surface area contributed by atoms with Gasteiger partial charge in [0.2, 0.25) is 0 Å². The van der Waals surface area contributed by atoms with E-state index in [-0.39, 0.29) is 0 Å². The standard InChI is InChI=1S/C14H23F2N5/c1-2-3-7-18-14(20-11-4-5-11)19-8-6-12-17-9-10-21(12)13(15)16/h9-11,13H,2-8H2,1H3,(H2,18,19,20). The van der Waals surface area contributed by atoms with Gasteiger partial charge in [0.15, 0.2) is 5.96 Å². The van der Waals surface area contributed by atoms with Crippen LogP contribution in [0.4, 0.5) is 8.78 Å². The Hall–Kier alpha value is -1.66. The monoisotopic (exact) mass is 299 g/mol. The van der Waals surface area contributed by atoms with E-state index in [1.165, 1.54) is 25.2 Å². The summed E-state index contributed by atoms with van der Waals surface area (Å²) in [5, 5.41) is 6.53. The first-order valence-electron chi connectivity index (χ1n) is 7.55. The van der Waals surface area contributed by atoms with Crippen molar-refractivity contribution in [3.8, 4) is 0 Å². The SMILES string of the molecule is CCCCN=C(NCCc1nccn1C(F)F)NC1CC1. The Morgan fingerprint density at radius 1 is 1.52 bits per heavy atom. The van der Waals surface area contributed by atoms with Crippen molar-refractivity contribution >= 4 is 5.96 Å². The number of hydrogen-bond acceptors (Lipinski definition) is 2. The molecule has 0 unspecified atom stereocenters. The summed E-state index contributed by atoms with van der Waals surface area (Å²) in [4.78, 5) is 8.45. The van der Waals surface area contributed by atoms with Crippen molar-refractivity contribution in [2.45, 2.75) is 51.6 Å². The molecule has 0 amide bonds. The second-order valence-electron chi connectivity index (χ2n) is 5.21. The lowest BCUT2D eigenvalue weighted by Gasteiger charge is -2.12. The number of imidazole rings is 1. The highest BCUT2D eigenvalue weighted by Crippen LogP contribution is 2.18. The summed E-state index contributed by atoms with van der Waals surface area (Å²) in [5.74, 6) is 1.16. The third-order valence-electron chi connectivity index (χ3n) is 3.30. The smallest absolute Gasteiger partial charge is 0.319 e. The van der Waals surface area contributed by atoms with Gasteiger partial charge in [0.05, 0.1) is 0 Å². The van der Waals surface area contributed by atoms with Gasteiger partial charge in [0, 0.05) is 37.9 Å². The Kier molecular flexibility index (Phi) is 5.95. The molecule has 2 N–H and O–H groups in total. The van der Waals surface area contributed by atoms with Gasteiger partial charge in [-0.2, -0.15) is 8.78 Å². The topological polar surface area (TPSA) is 54.2 Å². The van der Waals surface area contributed by atoms with Crippen LogP contribution in [-0.4, -0.2) is 34.6 Å². The van der Waals surface area contributed by atoms with Gasteiger partial charge in [-0.25, -0.2) is 4.98 Å². The largest absolute Gasteiger partial charge is 0.356 e. The van der Waals surface area contributed by atoms with Crippen LogP contribution in [0, 0.1) is 0 Å². The van der Waals surface area contributed by atoms with Crippen LogP contribution in [0.2, 0.25) is 0 Å². The maximum absolute atomic E-state index is 12.7. The van der Waals surface area contributed by atoms with Crippen LogP contribution in [0.3, 0.4) is 0 Å². The first-order valence-corrected chi connectivity index (χ1v) is 7.55. The first-order chi connectivity index (χ1) is 10.2. The Balaban J connectivity index is 1.80. The average Bonchev–Trinajstić information content (AvgIpc) is 3.14. The number of alkyl halides is 2. The van der Waals surface area contributed by atoms with Gasteiger partial charge in [0.1, 0.15) is 5.82 Å². The molecule has 1 aromatic heterocycles. The van der Waals surface area contributed by atoms with Gasteiger partial charge in [-0.05, 0) is 19.3 Å². The second-order valence-corrected chi connectivity index (χ2v) is 5.21. The third-order valence-corrected chi connectivity index (χ3v) is 3.30. The fourth-order valence-corrected chi connectivity index (χ4v) is 1.93. The summed E-state index contributed by atoms with van der Waals surface area (Å²) in [7, 11) is 0. The molecule has 1 aliphatic rings. The average molecular weight is 299 g/mol. The quantitative estimate of drug-likeness (QED) is 0.440. The van der Waals surface area contributed by atoms with E-state index in [1.54, 1.807) is 0 Å². The lowest BCUT2D eigenvalue weighted by molar-refractivity contribution is 0.0670. The Morgan fingerprint density at radius 2 is 2.33 bits per heavy atom. The van der Waals surface area contributed by atoms with Gasteiger partial charge >= 0.3 is 6.55 Å². The van der Waals surface area contributed by atoms with Crippen molar-refractivity contribution in [2.24, 2.45) is 4.99 Å². The zero-order valence-electron chi connectivity index (χ0n) is 12.4. The fourth-order valence-electron chi connectivity index (χ4n) is 1.93. The molecule has 1 fully saturated rings. The number of rotatable bonds is 8. The molecule has 1 aromatic rings. The maximum atomic E-state index is 12.7. The molecule has 0 aromatic carbocycles. The van der Waals surface area contributed by atoms with Gasteiger partial charge in [-0.1, -0.05) is 13.3 Å². The molecule has 7 heteroatoms. The number of hydrogen-bond donors (Lipinski definition) is 2. The maximum Gasteiger partial charge on any atom is 0.319 e. The molecule has 0 atom stereocenters. The molecule has 118 valence electrons. The molecule has 0 spiro atoms. The molecule has 5 nitrogen and oxygen atoms in total. The number of unbranched alkanes of at least 4 members (excludes halogenated alkanes) is 1. The first kappa shape index (κ1) is 15.7. The summed E-state index contributed by atoms with van der Waals surface area (Å²) >= 11 is 0. The van der Waals surface area contributed by atoms with E-state index < -0.39 is 6.55 Å². The van der Waals surface area contributed by atoms with Gasteiger partial charge in [0.25, 0.3) is 0 Å². The molecule has 21 heavy (non-hydrogen) atoms. The van der Waals surface area contributed by atoms with Crippen LogP contribution in [0.5, 0.6) is 0 Å². The van der Waals surface area contributed by atoms with Crippen LogP contribution in [0.25, 0.3) is 0 Å². The molecule has 0 radical (unpaired) electrons. The number of halogens is 2. The lowest BCUT2D eigenvalue weighted by Crippen LogP contribution is -2.40. The van der Waals surface area contributed by atoms with E-state index in [0.717, 1.165) is 29.9 Å². The minimum Gasteiger partial charge on any atom is -0.356 e. The summed E-state index contributed by atoms with van der Waals surface area (Å²) in [6.45, 7) is 0.907. The zero-order valence-corrected chi connectivity index (χ0v) is 12.4. The fraction of sp³-hybridized carbons (Fsp3) is 0.714. The number of nitrogens with one attached hydrogen (secondary N) is 2. The van der Waals surface area contributed by atoms with Crippen LogP contribution < -0.4 is 10.6 Å². The lowest BCUT2D eigenvalue weighted by atomic mass is 10.3. The molecule has 0 bridgehead atoms. The van der Waals surface area contributed by atoms with Gasteiger partial charge in [-0.3, -0.25) is 9.56 Å². The van der Waals surface area contributed by atoms with Gasteiger partial charge < -0.3 is 10.6 Å². The molecule has 1 saturated carbocycles. The van der Waals surface area contributed by atoms with E-state index in [9.17, 15) is 8.78 Å². The molecule has 1 heterocycles. The van der Waals surface area contributed by atoms with Crippen LogP contribution in [-0.2, 0) is 6.42 Å². The zero-order chi connectivity index (χ0) is 15.1. The molecular weight excluding hydrogens is 276 g/mol. The highest BCUT2D eigenvalue weighted by atomic mass is 19.3. The summed E-state index contributed by atoms with van der Waals surface area (Å²) < 4.78 is 26.3. The minimum absolute atomic E-state index is 0.386. The second kappa shape index (κ2) is 7.95. The number of guanidine groups is 1. The summed E-state index contributed by atoms with van der Waals surface area (Å²) in [6, 6.07) is 0.515. The molecule has 1 aliphatic carbocycles. The van der Waals surface area contributed by atoms with Crippen molar-refractivity contribution in [1.82, 2.24) is 20.2 Å². The van der Waals surface area contributed by atoms with Crippen LogP contribution >= 0.6 is 0 Å². The van der Waals surface area contributed by atoms with Crippen molar-refractivity contribution in [3.05, 3.63) is 18.2 Å². The van der Waals surface area contributed by atoms with E-state index >= 15 is 0 Å². The highest BCUT2D eigenvalue weighted by Gasteiger charge is 2.22. The van der Waals surface area contributed by atoms with E-state index in [1.807, 2.05) is 0 Å². The Morgan fingerprint density at radius 3 is 3.00 bits per heavy atom. The van der Waals surface area contributed by atoms with Crippen molar-refractivity contribution in [3.63, 3.8) is 0 Å². The van der Waals surface area contributed by atoms with Crippen LogP contribution in [0.1, 0.15) is 45.0 Å². The summed E-state index contributed by atoms with van der Waals surface area (Å²) in [6.07, 6.45) is 7.64. The number of aromatic nitrogens is 2. The minimum atomic E-state index is -2.54. The molecule has 0 saturated heterocycles. The van der Waals surface area contributed by atoms with Gasteiger partial charge in [-0.15, -0.1) is 0 Å². The molecular formula is C14H23F2N5. The van der Waals surface area contributed by atoms with Crippen molar-refractivity contribution in [2.75, 3.05) is 13.1 Å². The van der Waals surface area contributed by atoms with E-state index in [4.69, 9.17) is 0 Å². The Labute approximate surface area is 123 Å². The predicted octanol–water partition coefficient (Wildman–Crippen LogP) is 2.32. The van der Waals surface area contributed by atoms with Crippen LogP contribution in [0.15, 0.2) is 17.4 Å². The predicted molar refractivity (Wildman–Crippen MR) is 78.6 cm³/mol. The third kappa shape index (κ3) is 5.32. The highest BCUT2D eigenvalue weighted by molar-refractivity contribution is 5.80. The van der Waals surface area contributed by atoms with E-state index in [2.05, 4.69) is 27.5 Å². The Bertz CT molecular complexity index is 454. The molecule has 0 aliphatic heterocycles. The molecule has 2 rings (SSSR count). The summed E-state index contributed by atoms with van der Waals surface area (Å²) in [5.41, 5.74) is 0. The normalized spacial score (nSPS) is 15.5. The number of nitrogens with zero attached hydrogens (tertiary/aromatic N) is 3. The van der Waals surface area contributed by atoms with Crippen molar-refractivity contribution < 1.29 is 8.78 Å². The van der Waals surface area contributed by atoms with E-state index in [0.29, 0.717) is 24.8 Å². The number of aliphatic imine (C=N–C) groups is 1.